The predicted octanol–water partition coefficient (Wildman–Crippen LogP) is 5.24. The fraction of sp³-hybridized carbons (Fsp3) is 0.143. The standard InChI is InChI=1S/C14H11BrClNO3/c1-9-2-4-11(16)14(6-9)20-13-5-3-10(8-15)7-12(13)17(18)19/h2-7H,8H2,1H3. The van der Waals surface area contributed by atoms with Crippen LogP contribution in [0, 0.1) is 17.0 Å². The van der Waals surface area contributed by atoms with E-state index in [2.05, 4.69) is 15.9 Å². The van der Waals surface area contributed by atoms with Gasteiger partial charge in [-0.1, -0.05) is 39.7 Å². The molecule has 0 amide bonds. The van der Waals surface area contributed by atoms with Gasteiger partial charge in [-0.15, -0.1) is 0 Å². The summed E-state index contributed by atoms with van der Waals surface area (Å²) in [6.07, 6.45) is 0. The molecule has 104 valence electrons. The van der Waals surface area contributed by atoms with E-state index in [0.717, 1.165) is 11.1 Å². The summed E-state index contributed by atoms with van der Waals surface area (Å²) in [6.45, 7) is 1.89. The van der Waals surface area contributed by atoms with Gasteiger partial charge >= 0.3 is 5.69 Å². The van der Waals surface area contributed by atoms with Crippen molar-refractivity contribution < 1.29 is 9.66 Å². The number of aryl methyl sites for hydroxylation is 1. The van der Waals surface area contributed by atoms with E-state index in [1.807, 2.05) is 13.0 Å². The van der Waals surface area contributed by atoms with Gasteiger partial charge in [-0.05, 0) is 36.2 Å². The minimum Gasteiger partial charge on any atom is -0.449 e. The Bertz CT molecular complexity index is 661. The molecule has 0 fully saturated rings. The van der Waals surface area contributed by atoms with Crippen LogP contribution in [0.5, 0.6) is 11.5 Å². The monoisotopic (exact) mass is 355 g/mol. The summed E-state index contributed by atoms with van der Waals surface area (Å²) in [5.74, 6) is 0.577. The Morgan fingerprint density at radius 1 is 1.25 bits per heavy atom. The normalized spacial score (nSPS) is 10.3. The van der Waals surface area contributed by atoms with E-state index in [0.29, 0.717) is 16.1 Å². The molecular weight excluding hydrogens is 346 g/mol. The number of ether oxygens (including phenoxy) is 1. The highest BCUT2D eigenvalue weighted by atomic mass is 79.9. The molecule has 0 heterocycles. The largest absolute Gasteiger partial charge is 0.449 e. The lowest BCUT2D eigenvalue weighted by atomic mass is 10.2. The van der Waals surface area contributed by atoms with Crippen LogP contribution in [0.1, 0.15) is 11.1 Å². The highest BCUT2D eigenvalue weighted by Gasteiger charge is 2.17. The van der Waals surface area contributed by atoms with Gasteiger partial charge in [0.1, 0.15) is 5.75 Å². The molecule has 0 atom stereocenters. The molecule has 0 unspecified atom stereocenters. The first-order chi connectivity index (χ1) is 9.51. The van der Waals surface area contributed by atoms with E-state index in [4.69, 9.17) is 16.3 Å². The summed E-state index contributed by atoms with van der Waals surface area (Å²) >= 11 is 9.30. The maximum Gasteiger partial charge on any atom is 0.311 e. The van der Waals surface area contributed by atoms with Gasteiger partial charge in [0.15, 0.2) is 0 Å². The molecule has 0 radical (unpaired) electrons. The summed E-state index contributed by atoms with van der Waals surface area (Å²) < 4.78 is 5.59. The molecule has 4 nitrogen and oxygen atoms in total. The Morgan fingerprint density at radius 2 is 2.00 bits per heavy atom. The Kier molecular flexibility index (Phi) is 4.62. The van der Waals surface area contributed by atoms with Crippen LogP contribution in [0.3, 0.4) is 0 Å². The lowest BCUT2D eigenvalue weighted by Gasteiger charge is -2.09. The van der Waals surface area contributed by atoms with Crippen molar-refractivity contribution in [3.05, 3.63) is 62.7 Å². The summed E-state index contributed by atoms with van der Waals surface area (Å²) in [6, 6.07) is 10.1. The lowest BCUT2D eigenvalue weighted by molar-refractivity contribution is -0.385. The average Bonchev–Trinajstić information content (AvgIpc) is 2.43. The van der Waals surface area contributed by atoms with E-state index in [-0.39, 0.29) is 11.4 Å². The summed E-state index contributed by atoms with van der Waals surface area (Å²) in [5.41, 5.74) is 1.68. The Hall–Kier alpha value is -1.59. The molecule has 2 aromatic carbocycles. The molecule has 0 saturated heterocycles. The first kappa shape index (κ1) is 14.8. The maximum atomic E-state index is 11.1. The van der Waals surface area contributed by atoms with Gasteiger partial charge in [-0.25, -0.2) is 0 Å². The summed E-state index contributed by atoms with van der Waals surface area (Å²) in [4.78, 5) is 10.6. The van der Waals surface area contributed by atoms with E-state index < -0.39 is 4.92 Å². The third-order valence-electron chi connectivity index (χ3n) is 2.68. The van der Waals surface area contributed by atoms with Gasteiger partial charge in [-0.3, -0.25) is 10.1 Å². The van der Waals surface area contributed by atoms with Gasteiger partial charge in [0.2, 0.25) is 5.75 Å². The maximum absolute atomic E-state index is 11.1. The van der Waals surface area contributed by atoms with Crippen LogP contribution in [-0.4, -0.2) is 4.92 Å². The second-order valence-electron chi connectivity index (χ2n) is 4.23. The van der Waals surface area contributed by atoms with Crippen LogP contribution in [0.2, 0.25) is 5.02 Å². The van der Waals surface area contributed by atoms with Crippen molar-refractivity contribution in [1.82, 2.24) is 0 Å². The molecule has 0 saturated carbocycles. The number of hydrogen-bond acceptors (Lipinski definition) is 3. The third kappa shape index (κ3) is 3.29. The fourth-order valence-corrected chi connectivity index (χ4v) is 2.19. The van der Waals surface area contributed by atoms with E-state index >= 15 is 0 Å². The van der Waals surface area contributed by atoms with Gasteiger partial charge in [0, 0.05) is 11.4 Å². The number of halogens is 2. The van der Waals surface area contributed by atoms with Crippen molar-refractivity contribution in [2.75, 3.05) is 0 Å². The van der Waals surface area contributed by atoms with Crippen LogP contribution < -0.4 is 4.74 Å². The van der Waals surface area contributed by atoms with Crippen molar-refractivity contribution in [2.45, 2.75) is 12.3 Å². The van der Waals surface area contributed by atoms with Crippen LogP contribution >= 0.6 is 27.5 Å². The molecule has 0 bridgehead atoms. The molecule has 2 aromatic rings. The zero-order valence-corrected chi connectivity index (χ0v) is 12.9. The van der Waals surface area contributed by atoms with Crippen LogP contribution in [0.4, 0.5) is 5.69 Å². The Labute approximate surface area is 129 Å². The van der Waals surface area contributed by atoms with Crippen LogP contribution in [0.25, 0.3) is 0 Å². The highest BCUT2D eigenvalue weighted by Crippen LogP contribution is 2.36. The minimum absolute atomic E-state index is 0.0838. The van der Waals surface area contributed by atoms with E-state index in [1.165, 1.54) is 6.07 Å². The summed E-state index contributed by atoms with van der Waals surface area (Å²) in [7, 11) is 0. The van der Waals surface area contributed by atoms with Crippen molar-refractivity contribution in [3.63, 3.8) is 0 Å². The second-order valence-corrected chi connectivity index (χ2v) is 5.20. The quantitative estimate of drug-likeness (QED) is 0.427. The van der Waals surface area contributed by atoms with Crippen molar-refractivity contribution in [3.8, 4) is 11.5 Å². The molecular formula is C14H11BrClNO3. The second kappa shape index (κ2) is 6.24. The SMILES string of the molecule is Cc1ccc(Cl)c(Oc2ccc(CBr)cc2[N+](=O)[O-])c1. The Balaban J connectivity index is 2.42. The van der Waals surface area contributed by atoms with Crippen LogP contribution in [0.15, 0.2) is 36.4 Å². The number of alkyl halides is 1. The van der Waals surface area contributed by atoms with Gasteiger partial charge in [-0.2, -0.15) is 0 Å². The average molecular weight is 357 g/mol. The summed E-state index contributed by atoms with van der Waals surface area (Å²) in [5, 5.41) is 12.1. The van der Waals surface area contributed by atoms with Crippen LogP contribution in [-0.2, 0) is 5.33 Å². The van der Waals surface area contributed by atoms with Gasteiger partial charge in [0.05, 0.1) is 9.95 Å². The van der Waals surface area contributed by atoms with E-state index in [9.17, 15) is 10.1 Å². The molecule has 0 N–H and O–H groups in total. The number of nitro groups is 1. The molecule has 20 heavy (non-hydrogen) atoms. The molecule has 6 heteroatoms. The number of benzene rings is 2. The third-order valence-corrected chi connectivity index (χ3v) is 3.64. The molecule has 0 aliphatic heterocycles. The Morgan fingerprint density at radius 3 is 2.65 bits per heavy atom. The molecule has 0 aliphatic carbocycles. The highest BCUT2D eigenvalue weighted by molar-refractivity contribution is 9.08. The number of hydrogen-bond donors (Lipinski definition) is 0. The van der Waals surface area contributed by atoms with Gasteiger partial charge in [0.25, 0.3) is 0 Å². The van der Waals surface area contributed by atoms with E-state index in [1.54, 1.807) is 24.3 Å². The topological polar surface area (TPSA) is 52.4 Å². The first-order valence-electron chi connectivity index (χ1n) is 5.78. The molecule has 2 rings (SSSR count). The first-order valence-corrected chi connectivity index (χ1v) is 7.28. The molecule has 0 aromatic heterocycles. The van der Waals surface area contributed by atoms with Crippen molar-refractivity contribution >= 4 is 33.2 Å². The van der Waals surface area contributed by atoms with Crippen molar-refractivity contribution in [1.29, 1.82) is 0 Å². The fourth-order valence-electron chi connectivity index (χ4n) is 1.68. The predicted molar refractivity (Wildman–Crippen MR) is 82.0 cm³/mol. The zero-order chi connectivity index (χ0) is 14.7. The number of rotatable bonds is 4. The number of nitrogens with zero attached hydrogens (tertiary/aromatic N) is 1. The van der Waals surface area contributed by atoms with Crippen molar-refractivity contribution in [2.24, 2.45) is 0 Å². The molecule has 0 spiro atoms. The molecule has 0 aliphatic rings. The number of nitro benzene ring substituents is 1. The lowest BCUT2D eigenvalue weighted by Crippen LogP contribution is -1.95. The smallest absolute Gasteiger partial charge is 0.311 e. The van der Waals surface area contributed by atoms with Gasteiger partial charge < -0.3 is 4.74 Å². The zero-order valence-electron chi connectivity index (χ0n) is 10.6. The minimum atomic E-state index is -0.467.